The molecule has 8 heteroatoms. The van der Waals surface area contributed by atoms with Crippen molar-refractivity contribution in [3.63, 3.8) is 0 Å². The van der Waals surface area contributed by atoms with Crippen LogP contribution in [0.15, 0.2) is 78.4 Å². The van der Waals surface area contributed by atoms with Crippen molar-refractivity contribution in [3.8, 4) is 17.6 Å². The Morgan fingerprint density at radius 1 is 1.03 bits per heavy atom. The maximum atomic E-state index is 13.4. The minimum Gasteiger partial charge on any atom is -0.507 e. The first-order valence-corrected chi connectivity index (χ1v) is 12.0. The van der Waals surface area contributed by atoms with Crippen LogP contribution in [0.5, 0.6) is 11.5 Å². The van der Waals surface area contributed by atoms with Gasteiger partial charge in [0.1, 0.15) is 17.3 Å². The summed E-state index contributed by atoms with van der Waals surface area (Å²) in [7, 11) is 0. The number of hydrogen-bond acceptors (Lipinski definition) is 7. The molecule has 8 nitrogen and oxygen atoms in total. The van der Waals surface area contributed by atoms with E-state index in [0.29, 0.717) is 46.4 Å². The van der Waals surface area contributed by atoms with Gasteiger partial charge in [0.2, 0.25) is 0 Å². The summed E-state index contributed by atoms with van der Waals surface area (Å²) in [5.74, 6) is -1.39. The number of nitrogens with zero attached hydrogens (tertiary/aromatic N) is 2. The standard InChI is InChI=1S/C30H26N2O6/c1-18(2)17-37-25-6-4-5-22(15-25)28(34)26-27(21-9-13-24(14-10-21)38-19(3)33)32(30(36)29(26)35)23-11-7-20(16-31)8-12-23/h4-15,18,27,34H,17H2,1-3H3/b28-26-. The van der Waals surface area contributed by atoms with E-state index in [0.717, 1.165) is 0 Å². The van der Waals surface area contributed by atoms with E-state index in [2.05, 4.69) is 0 Å². The molecule has 0 saturated carbocycles. The predicted octanol–water partition coefficient (Wildman–Crippen LogP) is 5.14. The van der Waals surface area contributed by atoms with Gasteiger partial charge in [0, 0.05) is 18.2 Å². The number of ether oxygens (including phenoxy) is 2. The minimum absolute atomic E-state index is 0.0967. The number of ketones is 1. The Kier molecular flexibility index (Phi) is 7.58. The van der Waals surface area contributed by atoms with Crippen LogP contribution in [0.3, 0.4) is 0 Å². The third-order valence-electron chi connectivity index (χ3n) is 5.87. The van der Waals surface area contributed by atoms with Crippen LogP contribution in [0.25, 0.3) is 5.76 Å². The fraction of sp³-hybridized carbons (Fsp3) is 0.200. The van der Waals surface area contributed by atoms with Crippen molar-refractivity contribution in [2.75, 3.05) is 11.5 Å². The molecule has 0 aliphatic carbocycles. The van der Waals surface area contributed by atoms with Gasteiger partial charge in [-0.25, -0.2) is 0 Å². The third-order valence-corrected chi connectivity index (χ3v) is 5.87. The molecule has 38 heavy (non-hydrogen) atoms. The summed E-state index contributed by atoms with van der Waals surface area (Å²) in [6, 6.07) is 20.3. The van der Waals surface area contributed by atoms with E-state index in [9.17, 15) is 19.5 Å². The van der Waals surface area contributed by atoms with Crippen molar-refractivity contribution in [3.05, 3.63) is 95.1 Å². The Balaban J connectivity index is 1.84. The summed E-state index contributed by atoms with van der Waals surface area (Å²) in [6.07, 6.45) is 0. The molecule has 192 valence electrons. The number of carbonyl (C=O) groups excluding carboxylic acids is 3. The summed E-state index contributed by atoms with van der Waals surface area (Å²) >= 11 is 0. The van der Waals surface area contributed by atoms with Gasteiger partial charge in [0.05, 0.1) is 29.9 Å². The van der Waals surface area contributed by atoms with E-state index in [1.165, 1.54) is 11.8 Å². The van der Waals surface area contributed by atoms with Crippen LogP contribution in [0.4, 0.5) is 5.69 Å². The van der Waals surface area contributed by atoms with Gasteiger partial charge in [0.15, 0.2) is 0 Å². The molecular weight excluding hydrogens is 484 g/mol. The Bertz CT molecular complexity index is 1450. The first kappa shape index (κ1) is 26.2. The predicted molar refractivity (Wildman–Crippen MR) is 140 cm³/mol. The zero-order valence-corrected chi connectivity index (χ0v) is 21.2. The highest BCUT2D eigenvalue weighted by atomic mass is 16.5. The highest BCUT2D eigenvalue weighted by Gasteiger charge is 2.47. The number of Topliss-reactive ketones (excluding diaryl/α,β-unsaturated/α-hetero) is 1. The number of hydrogen-bond donors (Lipinski definition) is 1. The lowest BCUT2D eigenvalue weighted by molar-refractivity contribution is -0.132. The van der Waals surface area contributed by atoms with Gasteiger partial charge >= 0.3 is 5.97 Å². The van der Waals surface area contributed by atoms with E-state index in [1.807, 2.05) is 19.9 Å². The van der Waals surface area contributed by atoms with Crippen molar-refractivity contribution in [1.82, 2.24) is 0 Å². The van der Waals surface area contributed by atoms with Crippen molar-refractivity contribution >= 4 is 29.1 Å². The lowest BCUT2D eigenvalue weighted by Crippen LogP contribution is -2.29. The molecule has 1 aliphatic heterocycles. The van der Waals surface area contributed by atoms with Gasteiger partial charge in [-0.2, -0.15) is 5.26 Å². The lowest BCUT2D eigenvalue weighted by Gasteiger charge is -2.25. The smallest absolute Gasteiger partial charge is 0.308 e. The summed E-state index contributed by atoms with van der Waals surface area (Å²) in [5, 5.41) is 20.5. The average molecular weight is 511 g/mol. The fourth-order valence-corrected chi connectivity index (χ4v) is 4.15. The van der Waals surface area contributed by atoms with Crippen molar-refractivity contribution in [2.45, 2.75) is 26.8 Å². The molecule has 0 aromatic heterocycles. The number of benzene rings is 3. The van der Waals surface area contributed by atoms with E-state index >= 15 is 0 Å². The van der Waals surface area contributed by atoms with Crippen LogP contribution in [0, 0.1) is 17.2 Å². The topological polar surface area (TPSA) is 117 Å². The van der Waals surface area contributed by atoms with E-state index in [4.69, 9.17) is 14.7 Å². The summed E-state index contributed by atoms with van der Waals surface area (Å²) in [4.78, 5) is 39.3. The number of amides is 1. The molecule has 0 bridgehead atoms. The first-order chi connectivity index (χ1) is 18.2. The number of carbonyl (C=O) groups is 3. The molecule has 0 radical (unpaired) electrons. The molecule has 1 amide bonds. The van der Waals surface area contributed by atoms with Crippen LogP contribution in [0.1, 0.15) is 43.5 Å². The fourth-order valence-electron chi connectivity index (χ4n) is 4.15. The second-order valence-electron chi connectivity index (χ2n) is 9.22. The summed E-state index contributed by atoms with van der Waals surface area (Å²) in [5.41, 5.74) is 1.52. The SMILES string of the molecule is CC(=O)Oc1ccc(C2/C(=C(/O)c3cccc(OCC(C)C)c3)C(=O)C(=O)N2c2ccc(C#N)cc2)cc1. The zero-order valence-electron chi connectivity index (χ0n) is 21.2. The molecule has 4 rings (SSSR count). The van der Waals surface area contributed by atoms with Crippen LogP contribution in [-0.4, -0.2) is 29.4 Å². The highest BCUT2D eigenvalue weighted by molar-refractivity contribution is 6.51. The second-order valence-corrected chi connectivity index (χ2v) is 9.22. The van der Waals surface area contributed by atoms with Gasteiger partial charge in [-0.1, -0.05) is 38.1 Å². The Morgan fingerprint density at radius 3 is 2.32 bits per heavy atom. The van der Waals surface area contributed by atoms with Gasteiger partial charge in [-0.15, -0.1) is 0 Å². The first-order valence-electron chi connectivity index (χ1n) is 12.0. The third kappa shape index (κ3) is 5.42. The monoisotopic (exact) mass is 510 g/mol. The molecule has 1 unspecified atom stereocenters. The number of anilines is 1. The van der Waals surface area contributed by atoms with Gasteiger partial charge < -0.3 is 14.6 Å². The normalized spacial score (nSPS) is 16.4. The Morgan fingerprint density at radius 2 is 1.71 bits per heavy atom. The van der Waals surface area contributed by atoms with Crippen molar-refractivity contribution in [1.29, 1.82) is 5.26 Å². The highest BCUT2D eigenvalue weighted by Crippen LogP contribution is 2.42. The molecule has 3 aromatic rings. The summed E-state index contributed by atoms with van der Waals surface area (Å²) in [6.45, 7) is 5.79. The Hall–Kier alpha value is -4.90. The second kappa shape index (κ2) is 11.0. The van der Waals surface area contributed by atoms with Crippen molar-refractivity contribution < 1.29 is 29.0 Å². The molecule has 1 heterocycles. The van der Waals surface area contributed by atoms with Gasteiger partial charge in [-0.05, 0) is 60.0 Å². The summed E-state index contributed by atoms with van der Waals surface area (Å²) < 4.78 is 10.9. The van der Waals surface area contributed by atoms with E-state index < -0.39 is 23.7 Å². The molecule has 0 spiro atoms. The molecular formula is C30H26N2O6. The van der Waals surface area contributed by atoms with Gasteiger partial charge in [-0.3, -0.25) is 19.3 Å². The van der Waals surface area contributed by atoms with Crippen LogP contribution in [0.2, 0.25) is 0 Å². The number of nitriles is 1. The molecule has 1 N–H and O–H groups in total. The van der Waals surface area contributed by atoms with Gasteiger partial charge in [0.25, 0.3) is 11.7 Å². The maximum absolute atomic E-state index is 13.4. The number of esters is 1. The molecule has 1 atom stereocenters. The van der Waals surface area contributed by atoms with Crippen molar-refractivity contribution in [2.24, 2.45) is 5.92 Å². The van der Waals surface area contributed by atoms with E-state index in [1.54, 1.807) is 72.8 Å². The average Bonchev–Trinajstić information content (AvgIpc) is 3.17. The van der Waals surface area contributed by atoms with Crippen LogP contribution >= 0.6 is 0 Å². The number of aliphatic hydroxyl groups is 1. The zero-order chi connectivity index (χ0) is 27.4. The van der Waals surface area contributed by atoms with E-state index in [-0.39, 0.29) is 11.3 Å². The molecule has 1 fully saturated rings. The lowest BCUT2D eigenvalue weighted by atomic mass is 9.95. The quantitative estimate of drug-likeness (QED) is 0.154. The van der Waals surface area contributed by atoms with Crippen LogP contribution < -0.4 is 14.4 Å². The van der Waals surface area contributed by atoms with Crippen LogP contribution in [-0.2, 0) is 14.4 Å². The minimum atomic E-state index is -0.977. The molecule has 1 saturated heterocycles. The molecule has 3 aromatic carbocycles. The number of rotatable bonds is 7. The Labute approximate surface area is 220 Å². The molecule has 1 aliphatic rings. The maximum Gasteiger partial charge on any atom is 0.308 e. The number of aliphatic hydroxyl groups excluding tert-OH is 1. The largest absolute Gasteiger partial charge is 0.507 e.